The van der Waals surface area contributed by atoms with Crippen LogP contribution in [0.25, 0.3) is 0 Å². The summed E-state index contributed by atoms with van der Waals surface area (Å²) in [6.45, 7) is 4.37. The normalized spacial score (nSPS) is 21.1. The van der Waals surface area contributed by atoms with Gasteiger partial charge in [0, 0.05) is 30.7 Å². The van der Waals surface area contributed by atoms with Gasteiger partial charge < -0.3 is 9.88 Å². The van der Waals surface area contributed by atoms with E-state index in [1.54, 1.807) is 36.4 Å². The molecule has 1 saturated heterocycles. The first-order chi connectivity index (χ1) is 10.5. The lowest BCUT2D eigenvalue weighted by Gasteiger charge is -2.34. The summed E-state index contributed by atoms with van der Waals surface area (Å²) in [5.41, 5.74) is 0.411. The summed E-state index contributed by atoms with van der Waals surface area (Å²) in [6, 6.07) is 4.95. The van der Waals surface area contributed by atoms with Gasteiger partial charge in [-0.2, -0.15) is 0 Å². The van der Waals surface area contributed by atoms with Crippen LogP contribution in [0.15, 0.2) is 35.4 Å². The lowest BCUT2D eigenvalue weighted by Crippen LogP contribution is -2.45. The smallest absolute Gasteiger partial charge is 0.256 e. The SMILES string of the molecule is Cc1cc(=O)[nH]c([C@@]2(C)CCCN2C(=O)c2cccnc2)n1. The van der Waals surface area contributed by atoms with Crippen molar-refractivity contribution in [2.24, 2.45) is 0 Å². The van der Waals surface area contributed by atoms with Crippen molar-refractivity contribution in [1.29, 1.82) is 0 Å². The molecule has 0 bridgehead atoms. The first-order valence-electron chi connectivity index (χ1n) is 7.31. The summed E-state index contributed by atoms with van der Waals surface area (Å²) in [6.07, 6.45) is 4.85. The number of hydrogen-bond donors (Lipinski definition) is 1. The Morgan fingerprint density at radius 3 is 2.95 bits per heavy atom. The summed E-state index contributed by atoms with van der Waals surface area (Å²) in [7, 11) is 0. The number of likely N-dealkylation sites (tertiary alicyclic amines) is 1. The van der Waals surface area contributed by atoms with Gasteiger partial charge >= 0.3 is 0 Å². The summed E-state index contributed by atoms with van der Waals surface area (Å²) < 4.78 is 0. The van der Waals surface area contributed by atoms with E-state index in [9.17, 15) is 9.59 Å². The fourth-order valence-corrected chi connectivity index (χ4v) is 3.01. The number of hydrogen-bond acceptors (Lipinski definition) is 4. The van der Waals surface area contributed by atoms with Crippen LogP contribution in [0.4, 0.5) is 0 Å². The Labute approximate surface area is 128 Å². The highest BCUT2D eigenvalue weighted by atomic mass is 16.2. The lowest BCUT2D eigenvalue weighted by molar-refractivity contribution is 0.0602. The molecule has 6 nitrogen and oxygen atoms in total. The summed E-state index contributed by atoms with van der Waals surface area (Å²) >= 11 is 0. The highest BCUT2D eigenvalue weighted by Gasteiger charge is 2.43. The Hall–Kier alpha value is -2.50. The van der Waals surface area contributed by atoms with E-state index in [0.29, 0.717) is 23.6 Å². The number of aryl methyl sites for hydroxylation is 1. The molecule has 0 aromatic carbocycles. The molecule has 2 aromatic rings. The zero-order chi connectivity index (χ0) is 15.7. The van der Waals surface area contributed by atoms with Gasteiger partial charge in [0.1, 0.15) is 5.82 Å². The van der Waals surface area contributed by atoms with Gasteiger partial charge in [-0.25, -0.2) is 4.98 Å². The van der Waals surface area contributed by atoms with Gasteiger partial charge in [0.05, 0.1) is 11.1 Å². The van der Waals surface area contributed by atoms with Gasteiger partial charge in [0.2, 0.25) is 0 Å². The van der Waals surface area contributed by atoms with E-state index in [1.165, 1.54) is 6.07 Å². The minimum absolute atomic E-state index is 0.0859. The largest absolute Gasteiger partial charge is 0.326 e. The average Bonchev–Trinajstić information content (AvgIpc) is 2.90. The third kappa shape index (κ3) is 2.41. The van der Waals surface area contributed by atoms with Crippen molar-refractivity contribution >= 4 is 5.91 Å². The van der Waals surface area contributed by atoms with Crippen LogP contribution in [0.5, 0.6) is 0 Å². The number of amides is 1. The number of nitrogens with one attached hydrogen (secondary N) is 1. The second-order valence-corrected chi connectivity index (χ2v) is 5.81. The molecule has 22 heavy (non-hydrogen) atoms. The van der Waals surface area contributed by atoms with Crippen LogP contribution in [-0.2, 0) is 5.54 Å². The van der Waals surface area contributed by atoms with Crippen molar-refractivity contribution in [2.75, 3.05) is 6.54 Å². The fraction of sp³-hybridized carbons (Fsp3) is 0.375. The van der Waals surface area contributed by atoms with E-state index in [1.807, 2.05) is 6.92 Å². The van der Waals surface area contributed by atoms with Crippen LogP contribution < -0.4 is 5.56 Å². The van der Waals surface area contributed by atoms with Crippen molar-refractivity contribution < 1.29 is 4.79 Å². The van der Waals surface area contributed by atoms with E-state index in [2.05, 4.69) is 15.0 Å². The second kappa shape index (κ2) is 5.36. The van der Waals surface area contributed by atoms with E-state index < -0.39 is 5.54 Å². The molecule has 1 aliphatic heterocycles. The van der Waals surface area contributed by atoms with Crippen molar-refractivity contribution in [2.45, 2.75) is 32.2 Å². The summed E-state index contributed by atoms with van der Waals surface area (Å²) in [5.74, 6) is 0.462. The summed E-state index contributed by atoms with van der Waals surface area (Å²) in [4.78, 5) is 37.5. The predicted molar refractivity (Wildman–Crippen MR) is 81.5 cm³/mol. The van der Waals surface area contributed by atoms with Gasteiger partial charge in [-0.05, 0) is 38.8 Å². The van der Waals surface area contributed by atoms with Crippen LogP contribution in [0.1, 0.15) is 41.6 Å². The molecule has 3 rings (SSSR count). The Morgan fingerprint density at radius 2 is 2.27 bits per heavy atom. The molecular formula is C16H18N4O2. The first kappa shape index (κ1) is 14.4. The predicted octanol–water partition coefficient (Wildman–Crippen LogP) is 1.62. The topological polar surface area (TPSA) is 79.0 Å². The number of carbonyl (C=O) groups is 1. The molecule has 1 amide bonds. The molecule has 3 heterocycles. The van der Waals surface area contributed by atoms with Crippen molar-refractivity contribution in [3.05, 3.63) is 58.0 Å². The Balaban J connectivity index is 2.01. The van der Waals surface area contributed by atoms with Crippen molar-refractivity contribution in [1.82, 2.24) is 19.9 Å². The van der Waals surface area contributed by atoms with Gasteiger partial charge in [0.25, 0.3) is 11.5 Å². The van der Waals surface area contributed by atoms with Gasteiger partial charge in [0.15, 0.2) is 0 Å². The average molecular weight is 298 g/mol. The van der Waals surface area contributed by atoms with E-state index in [-0.39, 0.29) is 11.5 Å². The molecule has 1 N–H and O–H groups in total. The van der Waals surface area contributed by atoms with Crippen molar-refractivity contribution in [3.8, 4) is 0 Å². The van der Waals surface area contributed by atoms with Crippen LogP contribution in [0, 0.1) is 6.92 Å². The van der Waals surface area contributed by atoms with Gasteiger partial charge in [-0.3, -0.25) is 14.6 Å². The van der Waals surface area contributed by atoms with Crippen LogP contribution in [0.3, 0.4) is 0 Å². The maximum atomic E-state index is 12.8. The fourth-order valence-electron chi connectivity index (χ4n) is 3.01. The maximum Gasteiger partial charge on any atom is 0.256 e. The molecule has 0 unspecified atom stereocenters. The van der Waals surface area contributed by atoms with E-state index in [4.69, 9.17) is 0 Å². The molecule has 2 aromatic heterocycles. The first-order valence-corrected chi connectivity index (χ1v) is 7.31. The Kier molecular flexibility index (Phi) is 3.52. The molecule has 1 atom stereocenters. The number of pyridine rings is 1. The van der Waals surface area contributed by atoms with Crippen LogP contribution in [0.2, 0.25) is 0 Å². The molecule has 0 radical (unpaired) electrons. The van der Waals surface area contributed by atoms with E-state index >= 15 is 0 Å². The second-order valence-electron chi connectivity index (χ2n) is 5.81. The molecule has 0 spiro atoms. The lowest BCUT2D eigenvalue weighted by atomic mass is 9.97. The maximum absolute atomic E-state index is 12.8. The molecule has 114 valence electrons. The number of carbonyl (C=O) groups excluding carboxylic acids is 1. The number of H-pyrrole nitrogens is 1. The van der Waals surface area contributed by atoms with E-state index in [0.717, 1.165) is 12.8 Å². The highest BCUT2D eigenvalue weighted by molar-refractivity contribution is 5.94. The molecule has 6 heteroatoms. The molecule has 0 aliphatic carbocycles. The van der Waals surface area contributed by atoms with Gasteiger partial charge in [-0.15, -0.1) is 0 Å². The Bertz CT molecular complexity index is 756. The molecule has 1 aliphatic rings. The third-order valence-electron chi connectivity index (χ3n) is 4.17. The third-order valence-corrected chi connectivity index (χ3v) is 4.17. The monoisotopic (exact) mass is 298 g/mol. The number of nitrogens with zero attached hydrogens (tertiary/aromatic N) is 3. The number of aromatic nitrogens is 3. The molecule has 1 fully saturated rings. The number of rotatable bonds is 2. The minimum Gasteiger partial charge on any atom is -0.326 e. The molecular weight excluding hydrogens is 280 g/mol. The van der Waals surface area contributed by atoms with Gasteiger partial charge in [-0.1, -0.05) is 0 Å². The molecule has 0 saturated carbocycles. The quantitative estimate of drug-likeness (QED) is 0.914. The van der Waals surface area contributed by atoms with Crippen LogP contribution in [-0.4, -0.2) is 32.3 Å². The zero-order valence-corrected chi connectivity index (χ0v) is 12.7. The number of aromatic amines is 1. The van der Waals surface area contributed by atoms with Crippen LogP contribution >= 0.6 is 0 Å². The standard InChI is InChI=1S/C16H18N4O2/c1-11-9-13(21)19-15(18-11)16(2)6-4-8-20(16)14(22)12-5-3-7-17-10-12/h3,5,7,9-10H,4,6,8H2,1-2H3,(H,18,19,21)/t16-/m1/s1. The Morgan fingerprint density at radius 1 is 1.45 bits per heavy atom. The summed E-state index contributed by atoms with van der Waals surface area (Å²) in [5, 5.41) is 0. The highest BCUT2D eigenvalue weighted by Crippen LogP contribution is 2.37. The van der Waals surface area contributed by atoms with Crippen molar-refractivity contribution in [3.63, 3.8) is 0 Å². The minimum atomic E-state index is -0.599. The zero-order valence-electron chi connectivity index (χ0n) is 12.7.